The molecule has 0 bridgehead atoms. The first-order valence-corrected chi connectivity index (χ1v) is 9.22. The van der Waals surface area contributed by atoms with E-state index in [1.165, 1.54) is 6.07 Å². The molecule has 1 aliphatic rings. The van der Waals surface area contributed by atoms with E-state index in [1.54, 1.807) is 12.1 Å². The van der Waals surface area contributed by atoms with Crippen molar-refractivity contribution in [1.29, 1.82) is 0 Å². The predicted octanol–water partition coefficient (Wildman–Crippen LogP) is 4.71. The smallest absolute Gasteiger partial charge is 0.326 e. The zero-order chi connectivity index (χ0) is 19.6. The van der Waals surface area contributed by atoms with Crippen molar-refractivity contribution in [3.05, 3.63) is 53.6 Å². The highest BCUT2D eigenvalue weighted by Crippen LogP contribution is 2.40. The normalized spacial score (nSPS) is 16.4. The number of anilines is 2. The minimum Gasteiger partial charge on any atom is -0.326 e. The second-order valence-corrected chi connectivity index (χ2v) is 7.35. The van der Waals surface area contributed by atoms with Crippen molar-refractivity contribution in [3.8, 4) is 0 Å². The topological polar surface area (TPSA) is 58.2 Å². The molecule has 0 saturated heterocycles. The van der Waals surface area contributed by atoms with Crippen molar-refractivity contribution in [2.75, 3.05) is 10.6 Å². The number of rotatable bonds is 4. The van der Waals surface area contributed by atoms with E-state index in [2.05, 4.69) is 10.6 Å². The van der Waals surface area contributed by atoms with Crippen LogP contribution in [0.2, 0.25) is 0 Å². The summed E-state index contributed by atoms with van der Waals surface area (Å²) in [5, 5.41) is 4.50. The maximum Gasteiger partial charge on any atom is 0.416 e. The maximum atomic E-state index is 12.8. The summed E-state index contributed by atoms with van der Waals surface area (Å²) in [6, 6.07) is 10.6. The van der Waals surface area contributed by atoms with E-state index in [0.29, 0.717) is 10.6 Å². The number of carbonyl (C=O) groups excluding carboxylic acids is 2. The first-order valence-electron chi connectivity index (χ1n) is 8.34. The summed E-state index contributed by atoms with van der Waals surface area (Å²) in [6.07, 6.45) is -3.66. The fraction of sp³-hybridized carbons (Fsp3) is 0.263. The van der Waals surface area contributed by atoms with Crippen LogP contribution in [0.3, 0.4) is 0 Å². The third-order valence-corrected chi connectivity index (χ3v) is 5.42. The molecule has 2 amide bonds. The van der Waals surface area contributed by atoms with Gasteiger partial charge >= 0.3 is 6.18 Å². The number of aryl methyl sites for hydroxylation is 1. The Labute approximate surface area is 158 Å². The van der Waals surface area contributed by atoms with Crippen molar-refractivity contribution in [3.63, 3.8) is 0 Å². The molecule has 27 heavy (non-hydrogen) atoms. The van der Waals surface area contributed by atoms with Gasteiger partial charge in [0.15, 0.2) is 0 Å². The van der Waals surface area contributed by atoms with Crippen molar-refractivity contribution in [2.45, 2.75) is 36.1 Å². The molecule has 2 aromatic carbocycles. The lowest BCUT2D eigenvalue weighted by molar-refractivity contribution is -0.137. The van der Waals surface area contributed by atoms with Crippen LogP contribution in [0.4, 0.5) is 24.5 Å². The van der Waals surface area contributed by atoms with Crippen molar-refractivity contribution >= 4 is 35.0 Å². The highest BCUT2D eigenvalue weighted by molar-refractivity contribution is 8.01. The summed E-state index contributed by atoms with van der Waals surface area (Å²) < 4.78 is 38.4. The van der Waals surface area contributed by atoms with Gasteiger partial charge in [-0.25, -0.2) is 0 Å². The number of hydrogen-bond donors (Lipinski definition) is 2. The summed E-state index contributed by atoms with van der Waals surface area (Å²) in [5.41, 5.74) is 1.07. The largest absolute Gasteiger partial charge is 0.416 e. The summed E-state index contributed by atoms with van der Waals surface area (Å²) in [7, 11) is 0. The summed E-state index contributed by atoms with van der Waals surface area (Å²) in [4.78, 5) is 24.9. The van der Waals surface area contributed by atoms with Crippen LogP contribution in [0.15, 0.2) is 47.4 Å². The van der Waals surface area contributed by atoms with Gasteiger partial charge in [0.25, 0.3) is 0 Å². The molecular weight excluding hydrogens is 377 g/mol. The Kier molecular flexibility index (Phi) is 5.46. The molecule has 0 radical (unpaired) electrons. The molecule has 2 N–H and O–H groups in total. The zero-order valence-electron chi connectivity index (χ0n) is 14.4. The van der Waals surface area contributed by atoms with Crippen LogP contribution < -0.4 is 10.6 Å². The van der Waals surface area contributed by atoms with Crippen molar-refractivity contribution < 1.29 is 22.8 Å². The Balaban J connectivity index is 1.66. The Morgan fingerprint density at radius 1 is 1.19 bits per heavy atom. The molecule has 1 atom stereocenters. The van der Waals surface area contributed by atoms with Gasteiger partial charge in [0.05, 0.1) is 16.5 Å². The Bertz CT molecular complexity index is 866. The molecule has 4 nitrogen and oxygen atoms in total. The molecule has 0 fully saturated rings. The second kappa shape index (κ2) is 7.64. The molecule has 0 spiro atoms. The molecular formula is C19H17F3N2O2S. The van der Waals surface area contributed by atoms with Crippen molar-refractivity contribution in [1.82, 2.24) is 0 Å². The molecule has 3 rings (SSSR count). The Hall–Kier alpha value is -2.48. The van der Waals surface area contributed by atoms with Crippen LogP contribution in [0, 0.1) is 0 Å². The van der Waals surface area contributed by atoms with Gasteiger partial charge in [0.1, 0.15) is 0 Å². The third kappa shape index (κ3) is 4.63. The van der Waals surface area contributed by atoms with Gasteiger partial charge in [-0.3, -0.25) is 9.59 Å². The van der Waals surface area contributed by atoms with Crippen LogP contribution in [0.25, 0.3) is 0 Å². The minimum atomic E-state index is -4.48. The van der Waals surface area contributed by atoms with Gasteiger partial charge in [-0.1, -0.05) is 19.1 Å². The summed E-state index contributed by atoms with van der Waals surface area (Å²) >= 11 is 1.09. The van der Waals surface area contributed by atoms with Crippen LogP contribution >= 0.6 is 11.8 Å². The molecule has 1 heterocycles. The lowest BCUT2D eigenvalue weighted by atomic mass is 10.1. The number of halogens is 3. The molecule has 2 aromatic rings. The molecule has 0 unspecified atom stereocenters. The SMILES string of the molecule is CCc1ccc(NC(=O)C[C@H]2Sc3ccc(C(F)(F)F)cc3NC2=O)cc1. The number of thioether (sulfide) groups is 1. The van der Waals surface area contributed by atoms with Gasteiger partial charge in [0, 0.05) is 17.0 Å². The van der Waals surface area contributed by atoms with E-state index in [0.717, 1.165) is 35.9 Å². The summed E-state index contributed by atoms with van der Waals surface area (Å²) in [6.45, 7) is 2.03. The second-order valence-electron chi connectivity index (χ2n) is 6.11. The molecule has 0 aliphatic carbocycles. The van der Waals surface area contributed by atoms with E-state index in [-0.39, 0.29) is 18.0 Å². The third-order valence-electron chi connectivity index (χ3n) is 4.14. The first-order chi connectivity index (χ1) is 12.8. The number of fused-ring (bicyclic) bond motifs is 1. The van der Waals surface area contributed by atoms with E-state index >= 15 is 0 Å². The van der Waals surface area contributed by atoms with Gasteiger partial charge < -0.3 is 10.6 Å². The van der Waals surface area contributed by atoms with E-state index in [1.807, 2.05) is 19.1 Å². The monoisotopic (exact) mass is 394 g/mol. The van der Waals surface area contributed by atoms with Crippen molar-refractivity contribution in [2.24, 2.45) is 0 Å². The van der Waals surface area contributed by atoms with Crippen LogP contribution in [0.5, 0.6) is 0 Å². The Morgan fingerprint density at radius 3 is 2.52 bits per heavy atom. The quantitative estimate of drug-likeness (QED) is 0.790. The van der Waals surface area contributed by atoms with Gasteiger partial charge in [-0.05, 0) is 42.3 Å². The summed E-state index contributed by atoms with van der Waals surface area (Å²) in [5.74, 6) is -0.814. The highest BCUT2D eigenvalue weighted by Gasteiger charge is 2.34. The average Bonchev–Trinajstić information content (AvgIpc) is 2.61. The van der Waals surface area contributed by atoms with Gasteiger partial charge in [-0.15, -0.1) is 11.8 Å². The number of amides is 2. The van der Waals surface area contributed by atoms with Crippen LogP contribution in [-0.2, 0) is 22.2 Å². The number of carbonyl (C=O) groups is 2. The fourth-order valence-electron chi connectivity index (χ4n) is 2.67. The molecule has 0 saturated carbocycles. The average molecular weight is 394 g/mol. The molecule has 0 aromatic heterocycles. The fourth-order valence-corrected chi connectivity index (χ4v) is 3.76. The number of hydrogen-bond acceptors (Lipinski definition) is 3. The minimum absolute atomic E-state index is 0.0769. The van der Waals surface area contributed by atoms with Gasteiger partial charge in [0.2, 0.25) is 11.8 Å². The Morgan fingerprint density at radius 2 is 1.89 bits per heavy atom. The molecule has 8 heteroatoms. The number of benzene rings is 2. The lowest BCUT2D eigenvalue weighted by Gasteiger charge is -2.24. The van der Waals surface area contributed by atoms with Crippen LogP contribution in [0.1, 0.15) is 24.5 Å². The van der Waals surface area contributed by atoms with E-state index in [9.17, 15) is 22.8 Å². The number of alkyl halides is 3. The van der Waals surface area contributed by atoms with E-state index in [4.69, 9.17) is 0 Å². The predicted molar refractivity (Wildman–Crippen MR) is 98.8 cm³/mol. The van der Waals surface area contributed by atoms with E-state index < -0.39 is 22.9 Å². The lowest BCUT2D eigenvalue weighted by Crippen LogP contribution is -2.32. The maximum absolute atomic E-state index is 12.8. The molecule has 1 aliphatic heterocycles. The first kappa shape index (κ1) is 19.3. The standard InChI is InChI=1S/C19H17F3N2O2S/c1-2-11-3-6-13(7-4-11)23-17(25)10-16-18(26)24-14-9-12(19(20,21)22)5-8-15(14)27-16/h3-9,16H,2,10H2,1H3,(H,23,25)(H,24,26)/t16-/m1/s1. The zero-order valence-corrected chi connectivity index (χ0v) is 15.2. The molecule has 142 valence electrons. The highest BCUT2D eigenvalue weighted by atomic mass is 32.2. The number of nitrogens with one attached hydrogen (secondary N) is 2. The van der Waals surface area contributed by atoms with Crippen LogP contribution in [-0.4, -0.2) is 17.1 Å². The van der Waals surface area contributed by atoms with Gasteiger partial charge in [-0.2, -0.15) is 13.2 Å².